The summed E-state index contributed by atoms with van der Waals surface area (Å²) in [4.78, 5) is 0. The summed E-state index contributed by atoms with van der Waals surface area (Å²) in [5.41, 5.74) is -1.72. The van der Waals surface area contributed by atoms with Crippen molar-refractivity contribution in [3.63, 3.8) is 0 Å². The van der Waals surface area contributed by atoms with Crippen molar-refractivity contribution in [2.75, 3.05) is 6.35 Å². The minimum absolute atomic E-state index is 0.168. The third-order valence-corrected chi connectivity index (χ3v) is 8.59. The summed E-state index contributed by atoms with van der Waals surface area (Å²) in [7, 11) is 0. The van der Waals surface area contributed by atoms with Gasteiger partial charge in [-0.25, -0.2) is 0 Å². The first-order valence-electron chi connectivity index (χ1n) is 5.08. The molecule has 0 saturated heterocycles. The molecule has 0 aromatic heterocycles. The first-order valence-corrected chi connectivity index (χ1v) is 9.27. The monoisotopic (exact) mass is 296 g/mol. The number of hydrogen-bond acceptors (Lipinski definition) is 1. The topological polar surface area (TPSA) is 20.2 Å². The molecule has 0 aliphatic heterocycles. The van der Waals surface area contributed by atoms with Crippen LogP contribution in [-0.2, 0) is 0 Å². The SMILES string of the molecule is OCP(=[Se])(c1ccccc1)c1ccccc1. The van der Waals surface area contributed by atoms with Crippen molar-refractivity contribution in [2.24, 2.45) is 0 Å². The Kier molecular flexibility index (Phi) is 3.78. The van der Waals surface area contributed by atoms with Crippen molar-refractivity contribution in [1.82, 2.24) is 0 Å². The van der Waals surface area contributed by atoms with Gasteiger partial charge >= 0.3 is 103 Å². The number of rotatable bonds is 3. The number of aliphatic hydroxyl groups excluding tert-OH is 1. The molecule has 0 aliphatic carbocycles. The minimum atomic E-state index is -1.72. The van der Waals surface area contributed by atoms with Crippen LogP contribution in [0.25, 0.3) is 0 Å². The van der Waals surface area contributed by atoms with Crippen LogP contribution in [0, 0.1) is 0 Å². The van der Waals surface area contributed by atoms with Crippen molar-refractivity contribution < 1.29 is 5.11 Å². The van der Waals surface area contributed by atoms with Gasteiger partial charge in [0.15, 0.2) is 0 Å². The Hall–Kier alpha value is -0.651. The molecule has 0 unspecified atom stereocenters. The van der Waals surface area contributed by atoms with Crippen molar-refractivity contribution in [3.8, 4) is 0 Å². The Bertz CT molecular complexity index is 452. The van der Waals surface area contributed by atoms with E-state index in [0.29, 0.717) is 0 Å². The van der Waals surface area contributed by atoms with Crippen LogP contribution in [0.2, 0.25) is 0 Å². The van der Waals surface area contributed by atoms with Gasteiger partial charge < -0.3 is 0 Å². The van der Waals surface area contributed by atoms with Gasteiger partial charge in [0.05, 0.1) is 0 Å². The molecular formula is C13H13OPSe. The molecule has 1 N–H and O–H groups in total. The van der Waals surface area contributed by atoms with Crippen molar-refractivity contribution in [1.29, 1.82) is 0 Å². The second-order valence-corrected chi connectivity index (χ2v) is 10.3. The molecule has 2 aromatic carbocycles. The molecule has 16 heavy (non-hydrogen) atoms. The Morgan fingerprint density at radius 2 is 1.19 bits per heavy atom. The molecule has 0 heterocycles. The van der Waals surface area contributed by atoms with Crippen LogP contribution in [0.5, 0.6) is 0 Å². The van der Waals surface area contributed by atoms with Crippen LogP contribution in [0.15, 0.2) is 60.7 Å². The Labute approximate surface area is 103 Å². The molecule has 0 radical (unpaired) electrons. The molecule has 0 saturated carbocycles. The predicted molar refractivity (Wildman–Crippen MR) is 71.9 cm³/mol. The molecule has 2 aromatic rings. The van der Waals surface area contributed by atoms with Gasteiger partial charge in [0.25, 0.3) is 0 Å². The summed E-state index contributed by atoms with van der Waals surface area (Å²) in [6.07, 6.45) is 0.168. The zero-order valence-corrected chi connectivity index (χ0v) is 11.4. The van der Waals surface area contributed by atoms with Crippen LogP contribution in [-0.4, -0.2) is 26.6 Å². The summed E-state index contributed by atoms with van der Waals surface area (Å²) in [5, 5.41) is 12.1. The van der Waals surface area contributed by atoms with E-state index in [0.717, 1.165) is 0 Å². The molecule has 2 rings (SSSR count). The average Bonchev–Trinajstić information content (AvgIpc) is 2.40. The van der Waals surface area contributed by atoms with Crippen molar-refractivity contribution in [3.05, 3.63) is 60.7 Å². The average molecular weight is 295 g/mol. The summed E-state index contributed by atoms with van der Waals surface area (Å²) >= 11 is 3.23. The van der Waals surface area contributed by atoms with Gasteiger partial charge in [-0.05, 0) is 0 Å². The summed E-state index contributed by atoms with van der Waals surface area (Å²) in [6, 6.07) is 20.4. The summed E-state index contributed by atoms with van der Waals surface area (Å²) < 4.78 is 0. The zero-order valence-electron chi connectivity index (χ0n) is 8.78. The first kappa shape index (κ1) is 11.8. The Morgan fingerprint density at radius 3 is 1.50 bits per heavy atom. The predicted octanol–water partition coefficient (Wildman–Crippen LogP) is 1.69. The van der Waals surface area contributed by atoms with Crippen LogP contribution >= 0.6 is 5.51 Å². The first-order chi connectivity index (χ1) is 7.77. The van der Waals surface area contributed by atoms with Crippen LogP contribution < -0.4 is 10.6 Å². The maximum atomic E-state index is 9.71. The molecule has 3 heteroatoms. The van der Waals surface area contributed by atoms with E-state index in [2.05, 4.69) is 39.4 Å². The van der Waals surface area contributed by atoms with Crippen molar-refractivity contribution >= 4 is 31.2 Å². The third kappa shape index (κ3) is 2.21. The zero-order chi connectivity index (χ0) is 11.4. The molecule has 0 aliphatic rings. The standard InChI is InChI=1S/C13H13OPSe/c14-11-15(16,12-7-3-1-4-8-12)13-9-5-2-6-10-13/h1-10,14H,11H2. The van der Waals surface area contributed by atoms with Gasteiger partial charge in [0.2, 0.25) is 0 Å². The molecular weight excluding hydrogens is 282 g/mol. The van der Waals surface area contributed by atoms with Crippen molar-refractivity contribution in [2.45, 2.75) is 0 Å². The van der Waals surface area contributed by atoms with Gasteiger partial charge in [-0.2, -0.15) is 0 Å². The molecule has 0 bridgehead atoms. The van der Waals surface area contributed by atoms with Gasteiger partial charge in [0, 0.05) is 0 Å². The fourth-order valence-electron chi connectivity index (χ4n) is 1.65. The fourth-order valence-corrected chi connectivity index (χ4v) is 5.11. The van der Waals surface area contributed by atoms with Crippen LogP contribution in [0.4, 0.5) is 0 Å². The van der Waals surface area contributed by atoms with E-state index < -0.39 is 5.51 Å². The fraction of sp³-hybridized carbons (Fsp3) is 0.0769. The molecule has 0 amide bonds. The Morgan fingerprint density at radius 1 is 0.812 bits per heavy atom. The molecule has 0 spiro atoms. The second kappa shape index (κ2) is 5.12. The van der Waals surface area contributed by atoms with Gasteiger partial charge in [-0.1, -0.05) is 0 Å². The normalized spacial score (nSPS) is 11.3. The van der Waals surface area contributed by atoms with E-state index in [1.54, 1.807) is 0 Å². The van der Waals surface area contributed by atoms with E-state index in [9.17, 15) is 5.11 Å². The summed E-state index contributed by atoms with van der Waals surface area (Å²) in [6.45, 7) is 0. The van der Waals surface area contributed by atoms with Gasteiger partial charge in [-0.15, -0.1) is 0 Å². The van der Waals surface area contributed by atoms with E-state index in [4.69, 9.17) is 0 Å². The second-order valence-electron chi connectivity index (χ2n) is 3.55. The maximum absolute atomic E-state index is 9.71. The van der Waals surface area contributed by atoms with Crippen LogP contribution in [0.3, 0.4) is 0 Å². The molecule has 0 atom stereocenters. The summed E-state index contributed by atoms with van der Waals surface area (Å²) in [5.74, 6) is 0. The molecule has 0 fully saturated rings. The number of aliphatic hydroxyl groups is 1. The van der Waals surface area contributed by atoms with E-state index in [1.165, 1.54) is 10.6 Å². The number of benzene rings is 2. The third-order valence-electron chi connectivity index (χ3n) is 2.55. The van der Waals surface area contributed by atoms with Gasteiger partial charge in [-0.3, -0.25) is 0 Å². The molecule has 1 nitrogen and oxygen atoms in total. The van der Waals surface area contributed by atoms with Crippen LogP contribution in [0.1, 0.15) is 0 Å². The van der Waals surface area contributed by atoms with E-state index >= 15 is 0 Å². The Balaban J connectivity index is 2.54. The quantitative estimate of drug-likeness (QED) is 0.675. The molecule has 82 valence electrons. The van der Waals surface area contributed by atoms with E-state index in [1.807, 2.05) is 36.4 Å². The number of hydrogen-bond donors (Lipinski definition) is 1. The van der Waals surface area contributed by atoms with Gasteiger partial charge in [0.1, 0.15) is 0 Å². The van der Waals surface area contributed by atoms with E-state index in [-0.39, 0.29) is 6.35 Å².